The van der Waals surface area contributed by atoms with Gasteiger partial charge < -0.3 is 27.1 Å². The van der Waals surface area contributed by atoms with E-state index in [1.54, 1.807) is 78.9 Å². The summed E-state index contributed by atoms with van der Waals surface area (Å²) < 4.78 is 61.4. The normalized spacial score (nSPS) is 11.1. The van der Waals surface area contributed by atoms with E-state index in [9.17, 15) is 9.13 Å². The molecule has 0 atom stereocenters. The maximum Gasteiger partial charge on any atom is 0.647 e. The molecule has 0 unspecified atom stereocenters. The summed E-state index contributed by atoms with van der Waals surface area (Å²) in [6.07, 6.45) is 0. The third-order valence-electron chi connectivity index (χ3n) is 8.45. The lowest BCUT2D eigenvalue weighted by molar-refractivity contribution is 0.295. The lowest BCUT2D eigenvalue weighted by Crippen LogP contribution is -2.10. The van der Waals surface area contributed by atoms with Crippen molar-refractivity contribution in [2.45, 2.75) is 48.5 Å². The van der Waals surface area contributed by atoms with Crippen LogP contribution in [0.4, 0.5) is 0 Å². The molecule has 0 amide bonds. The molecule has 0 bridgehead atoms. The van der Waals surface area contributed by atoms with E-state index in [4.69, 9.17) is 27.1 Å². The fourth-order valence-corrected chi connectivity index (χ4v) is 7.57. The van der Waals surface area contributed by atoms with Crippen molar-refractivity contribution in [1.29, 1.82) is 0 Å². The molecule has 53 heavy (non-hydrogen) atoms. The Morgan fingerprint density at radius 2 is 0.623 bits per heavy atom. The average molecular weight is 751 g/mol. The average Bonchev–Trinajstić information content (AvgIpc) is 3.13. The largest absolute Gasteiger partial charge is 0.647 e. The number of phosphoric acid groups is 2. The second-order valence-corrected chi connectivity index (χ2v) is 15.4. The van der Waals surface area contributed by atoms with Crippen LogP contribution >= 0.6 is 15.6 Å². The minimum absolute atomic E-state index is 0.406. The second-order valence-electron chi connectivity index (χ2n) is 12.5. The van der Waals surface area contributed by atoms with Gasteiger partial charge in [0.1, 0.15) is 34.5 Å². The van der Waals surface area contributed by atoms with Gasteiger partial charge in [-0.15, -0.1) is 0 Å². The van der Waals surface area contributed by atoms with Crippen LogP contribution < -0.4 is 27.1 Å². The molecule has 0 aromatic heterocycles. The fourth-order valence-electron chi connectivity index (χ4n) is 4.89. The summed E-state index contributed by atoms with van der Waals surface area (Å²) in [4.78, 5) is 0. The van der Waals surface area contributed by atoms with E-state index in [1.807, 2.05) is 109 Å². The molecule has 0 saturated carbocycles. The predicted octanol–water partition coefficient (Wildman–Crippen LogP) is 12.8. The highest BCUT2D eigenvalue weighted by atomic mass is 31.2. The van der Waals surface area contributed by atoms with Gasteiger partial charge in [0.2, 0.25) is 0 Å². The molecule has 6 aromatic carbocycles. The Balaban J connectivity index is 0.000000208. The molecule has 274 valence electrons. The smallest absolute Gasteiger partial charge is 0.386 e. The van der Waals surface area contributed by atoms with Crippen LogP contribution in [0.1, 0.15) is 38.9 Å². The van der Waals surface area contributed by atoms with Crippen LogP contribution in [0.3, 0.4) is 0 Å². The summed E-state index contributed by atoms with van der Waals surface area (Å²) in [7, 11) is -7.93. The Morgan fingerprint density at radius 3 is 0.962 bits per heavy atom. The van der Waals surface area contributed by atoms with Crippen molar-refractivity contribution in [3.05, 3.63) is 178 Å². The molecule has 0 fully saturated rings. The molecule has 0 radical (unpaired) electrons. The number of aryl methyl sites for hydroxylation is 4. The molecule has 0 N–H and O–H groups in total. The monoisotopic (exact) mass is 750 g/mol. The van der Waals surface area contributed by atoms with E-state index >= 15 is 0 Å². The maximum absolute atomic E-state index is 13.8. The van der Waals surface area contributed by atoms with E-state index in [1.165, 1.54) is 0 Å². The van der Waals surface area contributed by atoms with Gasteiger partial charge in [-0.3, -0.25) is 0 Å². The topological polar surface area (TPSA) is 89.5 Å². The lowest BCUT2D eigenvalue weighted by atomic mass is 10.1. The molecule has 6 rings (SSSR count). The molecule has 0 spiro atoms. The van der Waals surface area contributed by atoms with Crippen molar-refractivity contribution in [3.8, 4) is 34.5 Å². The fraction of sp³-hybridized carbons (Fsp3) is 0.163. The maximum atomic E-state index is 13.8. The van der Waals surface area contributed by atoms with Crippen molar-refractivity contribution in [2.24, 2.45) is 0 Å². The molecule has 0 saturated heterocycles. The molecule has 10 heteroatoms. The number of rotatable bonds is 12. The van der Waals surface area contributed by atoms with Gasteiger partial charge in [0, 0.05) is 0 Å². The van der Waals surface area contributed by atoms with Gasteiger partial charge in [-0.25, -0.2) is 0 Å². The van der Waals surface area contributed by atoms with Crippen LogP contribution in [0.5, 0.6) is 34.5 Å². The van der Waals surface area contributed by atoms with E-state index in [0.717, 1.165) is 38.9 Å². The van der Waals surface area contributed by atoms with Gasteiger partial charge in [-0.05, 0) is 136 Å². The molecule has 0 aliphatic rings. The van der Waals surface area contributed by atoms with Gasteiger partial charge in [0.15, 0.2) is 0 Å². The van der Waals surface area contributed by atoms with E-state index in [-0.39, 0.29) is 0 Å². The van der Waals surface area contributed by atoms with Crippen molar-refractivity contribution >= 4 is 15.6 Å². The standard InChI is InChI=1S/C24H27O4P.C19H17O4P/c1-16-10-7-13-22(19(16)4)26-29(25,27-23-14-8-11-17(2)20(23)5)28-24-15-9-12-18(3)21(24)6;1-16-12-14-19(15-13-16)23-24(20,21-17-8-4-2-5-9-17)22-18-10-6-3-7-11-18/h7-15H,1-6H3;2-15H,1H3. The molecular weight excluding hydrogens is 706 g/mol. The quantitative estimate of drug-likeness (QED) is 0.114. The highest BCUT2D eigenvalue weighted by molar-refractivity contribution is 7.50. The van der Waals surface area contributed by atoms with Crippen LogP contribution in [0, 0.1) is 48.5 Å². The van der Waals surface area contributed by atoms with Crippen molar-refractivity contribution < 1.29 is 36.3 Å². The Hall–Kier alpha value is -5.42. The number of hydrogen-bond donors (Lipinski definition) is 0. The number of hydrogen-bond acceptors (Lipinski definition) is 8. The predicted molar refractivity (Wildman–Crippen MR) is 211 cm³/mol. The van der Waals surface area contributed by atoms with E-state index < -0.39 is 15.6 Å². The number of phosphoric ester groups is 2. The lowest BCUT2D eigenvalue weighted by Gasteiger charge is -2.23. The highest BCUT2D eigenvalue weighted by Gasteiger charge is 2.35. The molecule has 6 aromatic rings. The highest BCUT2D eigenvalue weighted by Crippen LogP contribution is 2.52. The Kier molecular flexibility index (Phi) is 12.7. The van der Waals surface area contributed by atoms with Gasteiger partial charge in [-0.2, -0.15) is 9.13 Å². The summed E-state index contributed by atoms with van der Waals surface area (Å²) in [6.45, 7) is 13.7. The molecular formula is C43H44O8P2. The summed E-state index contributed by atoms with van der Waals surface area (Å²) in [5.41, 5.74) is 6.85. The zero-order valence-electron chi connectivity index (χ0n) is 30.9. The van der Waals surface area contributed by atoms with Crippen LogP contribution in [0.15, 0.2) is 140 Å². The Bertz CT molecular complexity index is 2040. The summed E-state index contributed by atoms with van der Waals surface area (Å²) in [5.74, 6) is 2.65. The number of para-hydroxylation sites is 2. The van der Waals surface area contributed by atoms with Gasteiger partial charge in [0.25, 0.3) is 0 Å². The SMILES string of the molecule is Cc1ccc(OP(=O)(Oc2ccccc2)Oc2ccccc2)cc1.Cc1cccc(OP(=O)(Oc2cccc(C)c2C)Oc2cccc(C)c2C)c1C. The zero-order chi connectivity index (χ0) is 38.0. The summed E-state index contributed by atoms with van der Waals surface area (Å²) in [6, 6.07) is 41.6. The number of benzene rings is 6. The molecule has 0 aliphatic carbocycles. The third-order valence-corrected chi connectivity index (χ3v) is 11.0. The van der Waals surface area contributed by atoms with E-state index in [0.29, 0.717) is 34.5 Å². The van der Waals surface area contributed by atoms with E-state index in [2.05, 4.69) is 0 Å². The van der Waals surface area contributed by atoms with Crippen molar-refractivity contribution in [2.75, 3.05) is 0 Å². The first-order valence-corrected chi connectivity index (χ1v) is 20.0. The minimum atomic E-state index is -4.03. The van der Waals surface area contributed by atoms with Crippen molar-refractivity contribution in [1.82, 2.24) is 0 Å². The van der Waals surface area contributed by atoms with Crippen LogP contribution in [0.25, 0.3) is 0 Å². The third kappa shape index (κ3) is 10.8. The minimum Gasteiger partial charge on any atom is -0.386 e. The zero-order valence-corrected chi connectivity index (χ0v) is 32.7. The second kappa shape index (κ2) is 17.4. The van der Waals surface area contributed by atoms with Gasteiger partial charge in [0.05, 0.1) is 0 Å². The summed E-state index contributed by atoms with van der Waals surface area (Å²) >= 11 is 0. The Morgan fingerprint density at radius 1 is 0.321 bits per heavy atom. The first-order valence-electron chi connectivity index (χ1n) is 17.1. The first-order chi connectivity index (χ1) is 25.3. The van der Waals surface area contributed by atoms with Crippen molar-refractivity contribution in [3.63, 3.8) is 0 Å². The van der Waals surface area contributed by atoms with Crippen LogP contribution in [-0.4, -0.2) is 0 Å². The van der Waals surface area contributed by atoms with Crippen LogP contribution in [-0.2, 0) is 9.13 Å². The van der Waals surface area contributed by atoms with Crippen LogP contribution in [0.2, 0.25) is 0 Å². The molecule has 0 aliphatic heterocycles. The van der Waals surface area contributed by atoms with Gasteiger partial charge in [-0.1, -0.05) is 90.5 Å². The Labute approximate surface area is 312 Å². The molecule has 0 heterocycles. The summed E-state index contributed by atoms with van der Waals surface area (Å²) in [5, 5.41) is 0. The molecule has 8 nitrogen and oxygen atoms in total. The first kappa shape index (κ1) is 38.8. The van der Waals surface area contributed by atoms with Gasteiger partial charge >= 0.3 is 15.6 Å².